The number of hydrogen-bond acceptors (Lipinski definition) is 4. The molecule has 0 aliphatic carbocycles. The number of nitrogens with zero attached hydrogens (tertiary/aromatic N) is 1. The molecule has 114 valence electrons. The van der Waals surface area contributed by atoms with Gasteiger partial charge in [-0.25, -0.2) is 9.69 Å². The van der Waals surface area contributed by atoms with Crippen LogP contribution in [0.2, 0.25) is 0 Å². The maximum absolute atomic E-state index is 12.5. The minimum absolute atomic E-state index is 0.0756. The van der Waals surface area contributed by atoms with Crippen LogP contribution in [0.25, 0.3) is 0 Å². The van der Waals surface area contributed by atoms with Gasteiger partial charge in [-0.05, 0) is 17.4 Å². The van der Waals surface area contributed by atoms with Crippen LogP contribution in [-0.4, -0.2) is 40.8 Å². The monoisotopic (exact) mass is 283 g/mol. The first-order valence-corrected chi connectivity index (χ1v) is 7.05. The van der Waals surface area contributed by atoms with E-state index >= 15 is 0 Å². The molecule has 5 nitrogen and oxygen atoms in total. The SMILES string of the molecule is C=C(C(C)C)[C@@H](O)[C@H](C)C(=O)N1C(=O)OC[C@@H]1C(C)C. The summed E-state index contributed by atoms with van der Waals surface area (Å²) in [6, 6.07) is -0.267. The molecule has 0 bridgehead atoms. The summed E-state index contributed by atoms with van der Waals surface area (Å²) in [5.41, 5.74) is 0.597. The van der Waals surface area contributed by atoms with Crippen LogP contribution >= 0.6 is 0 Å². The van der Waals surface area contributed by atoms with E-state index in [0.29, 0.717) is 5.57 Å². The third-order valence-corrected chi connectivity index (χ3v) is 3.90. The van der Waals surface area contributed by atoms with Crippen LogP contribution in [0.4, 0.5) is 4.79 Å². The third-order valence-electron chi connectivity index (χ3n) is 3.90. The number of hydrogen-bond donors (Lipinski definition) is 1. The maximum atomic E-state index is 12.5. The zero-order chi connectivity index (χ0) is 15.6. The number of ether oxygens (including phenoxy) is 1. The fourth-order valence-electron chi connectivity index (χ4n) is 2.20. The molecule has 20 heavy (non-hydrogen) atoms. The molecule has 1 saturated heterocycles. The Morgan fingerprint density at radius 1 is 1.35 bits per heavy atom. The van der Waals surface area contributed by atoms with Crippen molar-refractivity contribution < 1.29 is 19.4 Å². The second-order valence-corrected chi connectivity index (χ2v) is 6.06. The lowest BCUT2D eigenvalue weighted by atomic mass is 9.90. The van der Waals surface area contributed by atoms with Gasteiger partial charge in [0.15, 0.2) is 0 Å². The van der Waals surface area contributed by atoms with Gasteiger partial charge >= 0.3 is 6.09 Å². The molecule has 1 aliphatic heterocycles. The molecule has 5 heteroatoms. The molecular weight excluding hydrogens is 258 g/mol. The molecule has 2 amide bonds. The van der Waals surface area contributed by atoms with Gasteiger partial charge in [-0.1, -0.05) is 41.2 Å². The van der Waals surface area contributed by atoms with E-state index in [0.717, 1.165) is 4.90 Å². The molecular formula is C15H25NO4. The van der Waals surface area contributed by atoms with Gasteiger partial charge in [0.25, 0.3) is 0 Å². The standard InChI is InChI=1S/C15H25NO4/c1-8(2)10(5)13(17)11(6)14(18)16-12(9(3)4)7-20-15(16)19/h8-9,11-13,17H,5,7H2,1-4,6H3/t11-,12+,13+/m0/s1. The van der Waals surface area contributed by atoms with Crippen molar-refractivity contribution in [1.82, 2.24) is 4.90 Å². The van der Waals surface area contributed by atoms with Crippen LogP contribution in [0.1, 0.15) is 34.6 Å². The topological polar surface area (TPSA) is 66.8 Å². The molecule has 0 unspecified atom stereocenters. The average molecular weight is 283 g/mol. The molecule has 0 aromatic carbocycles. The molecule has 0 spiro atoms. The lowest BCUT2D eigenvalue weighted by Crippen LogP contribution is -2.47. The molecule has 0 saturated carbocycles. The summed E-state index contributed by atoms with van der Waals surface area (Å²) in [6.07, 6.45) is -1.58. The van der Waals surface area contributed by atoms with Crippen LogP contribution in [0.15, 0.2) is 12.2 Å². The second kappa shape index (κ2) is 6.39. The minimum atomic E-state index is -0.955. The summed E-state index contributed by atoms with van der Waals surface area (Å²) >= 11 is 0. The van der Waals surface area contributed by atoms with Gasteiger partial charge in [0, 0.05) is 0 Å². The predicted molar refractivity (Wildman–Crippen MR) is 76.0 cm³/mol. The highest BCUT2D eigenvalue weighted by Crippen LogP contribution is 2.25. The molecule has 0 radical (unpaired) electrons. The fraction of sp³-hybridized carbons (Fsp3) is 0.733. The number of carbonyl (C=O) groups is 2. The van der Waals surface area contributed by atoms with E-state index < -0.39 is 24.0 Å². The average Bonchev–Trinajstić information content (AvgIpc) is 2.77. The van der Waals surface area contributed by atoms with E-state index in [1.54, 1.807) is 6.92 Å². The number of cyclic esters (lactones) is 1. The Hall–Kier alpha value is -1.36. The molecule has 3 atom stereocenters. The molecule has 1 aliphatic rings. The Labute approximate surface area is 120 Å². The van der Waals surface area contributed by atoms with Crippen LogP contribution in [0.5, 0.6) is 0 Å². The largest absolute Gasteiger partial charge is 0.447 e. The highest BCUT2D eigenvalue weighted by Gasteiger charge is 2.42. The third kappa shape index (κ3) is 3.20. The molecule has 1 fully saturated rings. The number of aliphatic hydroxyl groups is 1. The zero-order valence-electron chi connectivity index (χ0n) is 12.9. The Kier molecular flexibility index (Phi) is 5.34. The van der Waals surface area contributed by atoms with Crippen molar-refractivity contribution in [3.05, 3.63) is 12.2 Å². The number of amides is 2. The number of aliphatic hydroxyl groups excluding tert-OH is 1. The van der Waals surface area contributed by atoms with Crippen molar-refractivity contribution in [3.8, 4) is 0 Å². The summed E-state index contributed by atoms with van der Waals surface area (Å²) in [5.74, 6) is -0.924. The van der Waals surface area contributed by atoms with Crippen molar-refractivity contribution in [1.29, 1.82) is 0 Å². The van der Waals surface area contributed by atoms with Gasteiger partial charge in [-0.2, -0.15) is 0 Å². The number of rotatable bonds is 5. The molecule has 0 aromatic rings. The van der Waals surface area contributed by atoms with Crippen molar-refractivity contribution >= 4 is 12.0 Å². The van der Waals surface area contributed by atoms with Crippen LogP contribution in [0, 0.1) is 17.8 Å². The maximum Gasteiger partial charge on any atom is 0.416 e. The summed E-state index contributed by atoms with van der Waals surface area (Å²) in [4.78, 5) is 25.3. The van der Waals surface area contributed by atoms with Crippen molar-refractivity contribution in [2.75, 3.05) is 6.61 Å². The lowest BCUT2D eigenvalue weighted by molar-refractivity contribution is -0.136. The predicted octanol–water partition coefficient (Wildman–Crippen LogP) is 2.20. The van der Waals surface area contributed by atoms with E-state index in [1.165, 1.54) is 0 Å². The summed E-state index contributed by atoms with van der Waals surface area (Å²) in [6.45, 7) is 13.3. The summed E-state index contributed by atoms with van der Waals surface area (Å²) < 4.78 is 4.96. The normalized spacial score (nSPS) is 22.1. The van der Waals surface area contributed by atoms with Gasteiger partial charge < -0.3 is 9.84 Å². The second-order valence-electron chi connectivity index (χ2n) is 6.06. The van der Waals surface area contributed by atoms with E-state index in [-0.39, 0.29) is 24.5 Å². The molecule has 1 N–H and O–H groups in total. The Balaban J connectivity index is 2.87. The summed E-state index contributed by atoms with van der Waals surface area (Å²) in [5, 5.41) is 10.2. The van der Waals surface area contributed by atoms with Gasteiger partial charge in [-0.15, -0.1) is 0 Å². The zero-order valence-corrected chi connectivity index (χ0v) is 12.9. The van der Waals surface area contributed by atoms with Crippen molar-refractivity contribution in [3.63, 3.8) is 0 Å². The van der Waals surface area contributed by atoms with Crippen LogP contribution in [-0.2, 0) is 9.53 Å². The Morgan fingerprint density at radius 2 is 1.90 bits per heavy atom. The summed E-state index contributed by atoms with van der Waals surface area (Å²) in [7, 11) is 0. The first kappa shape index (κ1) is 16.7. The minimum Gasteiger partial charge on any atom is -0.447 e. The number of imide groups is 1. The van der Waals surface area contributed by atoms with Crippen molar-refractivity contribution in [2.24, 2.45) is 17.8 Å². The molecule has 1 rings (SSSR count). The van der Waals surface area contributed by atoms with Crippen LogP contribution in [0.3, 0.4) is 0 Å². The van der Waals surface area contributed by atoms with E-state index in [4.69, 9.17) is 4.74 Å². The molecule has 0 aromatic heterocycles. The fourth-order valence-corrected chi connectivity index (χ4v) is 2.20. The smallest absolute Gasteiger partial charge is 0.416 e. The van der Waals surface area contributed by atoms with E-state index in [9.17, 15) is 14.7 Å². The van der Waals surface area contributed by atoms with E-state index in [1.807, 2.05) is 27.7 Å². The Bertz CT molecular complexity index is 403. The van der Waals surface area contributed by atoms with Crippen LogP contribution < -0.4 is 0 Å². The first-order valence-electron chi connectivity index (χ1n) is 7.05. The first-order chi connectivity index (χ1) is 9.18. The van der Waals surface area contributed by atoms with Gasteiger partial charge in [0.1, 0.15) is 6.61 Å². The van der Waals surface area contributed by atoms with Crippen molar-refractivity contribution in [2.45, 2.75) is 46.8 Å². The number of carbonyl (C=O) groups excluding carboxylic acids is 2. The van der Waals surface area contributed by atoms with Gasteiger partial charge in [-0.3, -0.25) is 4.79 Å². The molecule has 1 heterocycles. The highest BCUT2D eigenvalue weighted by atomic mass is 16.6. The lowest BCUT2D eigenvalue weighted by Gasteiger charge is -2.28. The highest BCUT2D eigenvalue weighted by molar-refractivity contribution is 5.95. The van der Waals surface area contributed by atoms with Gasteiger partial charge in [0.05, 0.1) is 18.1 Å². The Morgan fingerprint density at radius 3 is 2.35 bits per heavy atom. The van der Waals surface area contributed by atoms with Gasteiger partial charge in [0.2, 0.25) is 5.91 Å². The quantitative estimate of drug-likeness (QED) is 0.785. The van der Waals surface area contributed by atoms with E-state index in [2.05, 4.69) is 6.58 Å².